The number of pyridine rings is 2. The highest BCUT2D eigenvalue weighted by atomic mass is 32.3. The quantitative estimate of drug-likeness (QED) is 0.650. The van der Waals surface area contributed by atoms with Crippen LogP contribution in [0.4, 0.5) is 0 Å². The van der Waals surface area contributed by atoms with Crippen molar-refractivity contribution in [2.45, 2.75) is 0 Å². The van der Waals surface area contributed by atoms with Gasteiger partial charge < -0.3 is 0 Å². The van der Waals surface area contributed by atoms with E-state index in [9.17, 15) is 0 Å². The molecule has 0 saturated carbocycles. The highest BCUT2D eigenvalue weighted by molar-refractivity contribution is 8.35. The van der Waals surface area contributed by atoms with Crippen LogP contribution in [0.15, 0.2) is 30.5 Å². The Morgan fingerprint density at radius 1 is 1.12 bits per heavy atom. The summed E-state index contributed by atoms with van der Waals surface area (Å²) >= 11 is 0. The van der Waals surface area contributed by atoms with Gasteiger partial charge in [-0.05, 0) is 54.2 Å². The summed E-state index contributed by atoms with van der Waals surface area (Å²) in [4.78, 5) is 8.62. The summed E-state index contributed by atoms with van der Waals surface area (Å²) in [5, 5.41) is 4.30. The first-order valence-corrected chi connectivity index (χ1v) is 7.83. The van der Waals surface area contributed by atoms with E-state index >= 15 is 0 Å². The van der Waals surface area contributed by atoms with Gasteiger partial charge in [0.05, 0.1) is 0 Å². The van der Waals surface area contributed by atoms with Crippen molar-refractivity contribution >= 4 is 21.1 Å². The van der Waals surface area contributed by atoms with Gasteiger partial charge in [0.2, 0.25) is 0 Å². The topological polar surface area (TPSA) is 25.8 Å². The van der Waals surface area contributed by atoms with Gasteiger partial charge in [-0.15, -0.1) is 0 Å². The van der Waals surface area contributed by atoms with Crippen molar-refractivity contribution in [2.75, 3.05) is 18.8 Å². The van der Waals surface area contributed by atoms with E-state index in [-0.39, 0.29) is 0 Å². The van der Waals surface area contributed by atoms with Crippen molar-refractivity contribution < 1.29 is 0 Å². The summed E-state index contributed by atoms with van der Waals surface area (Å²) in [5.41, 5.74) is 1.56. The molecule has 0 aromatic carbocycles. The lowest BCUT2D eigenvalue weighted by Crippen LogP contribution is -1.89. The van der Waals surface area contributed by atoms with Gasteiger partial charge in [0.15, 0.2) is 5.65 Å². The highest BCUT2D eigenvalue weighted by Gasteiger charge is 1.98. The van der Waals surface area contributed by atoms with E-state index in [2.05, 4.69) is 39.9 Å². The minimum Gasteiger partial charge on any atom is -0.237 e. The average Bonchev–Trinajstić information content (AvgIpc) is 2.25. The first-order chi connectivity index (χ1) is 7.54. The van der Waals surface area contributed by atoms with E-state index < -0.39 is 10.0 Å². The normalized spacial score (nSPS) is 11.9. The van der Waals surface area contributed by atoms with Crippen LogP contribution in [0.2, 0.25) is 0 Å². The summed E-state index contributed by atoms with van der Waals surface area (Å²) in [7, 11) is -0.797. The van der Waals surface area contributed by atoms with Crippen LogP contribution < -0.4 is 0 Å². The fraction of sp³-hybridized carbons (Fsp3) is 0.231. The van der Waals surface area contributed by atoms with E-state index in [0.717, 1.165) is 16.7 Å². The summed E-state index contributed by atoms with van der Waals surface area (Å²) < 4.78 is 0. The highest BCUT2D eigenvalue weighted by Crippen LogP contribution is 2.32. The van der Waals surface area contributed by atoms with Gasteiger partial charge in [0.1, 0.15) is 5.69 Å². The second-order valence-corrected chi connectivity index (χ2v) is 8.19. The molecule has 0 fully saturated rings. The summed E-state index contributed by atoms with van der Waals surface area (Å²) in [6, 6.07) is 7.87. The van der Waals surface area contributed by atoms with E-state index in [4.69, 9.17) is 0 Å². The van der Waals surface area contributed by atoms with Crippen LogP contribution in [0.3, 0.4) is 0 Å². The molecule has 0 bridgehead atoms. The Balaban J connectivity index is 2.43. The van der Waals surface area contributed by atoms with Crippen molar-refractivity contribution in [2.24, 2.45) is 0 Å². The molecule has 2 heterocycles. The molecule has 2 aromatic heterocycles. The molecule has 2 nitrogen and oxygen atoms in total. The number of rotatable bonds is 0. The SMILES string of the molecule is CS(C)(C)C#Cc1ccc2cccnc2n1. The van der Waals surface area contributed by atoms with Crippen molar-refractivity contribution in [1.29, 1.82) is 0 Å². The van der Waals surface area contributed by atoms with E-state index in [1.165, 1.54) is 0 Å². The number of fused-ring (bicyclic) bond motifs is 1. The smallest absolute Gasteiger partial charge is 0.160 e. The lowest BCUT2D eigenvalue weighted by Gasteiger charge is -2.14. The maximum absolute atomic E-state index is 4.41. The van der Waals surface area contributed by atoms with Gasteiger partial charge in [0.25, 0.3) is 0 Å². The molecule has 0 N–H and O–H groups in total. The lowest BCUT2D eigenvalue weighted by molar-refractivity contribution is 1.26. The molecule has 0 aliphatic carbocycles. The molecular formula is C13H14N2S. The summed E-state index contributed by atoms with van der Waals surface area (Å²) in [6.07, 6.45) is 8.25. The van der Waals surface area contributed by atoms with Gasteiger partial charge >= 0.3 is 0 Å². The largest absolute Gasteiger partial charge is 0.237 e. The van der Waals surface area contributed by atoms with E-state index in [0.29, 0.717) is 0 Å². The second kappa shape index (κ2) is 4.15. The first-order valence-electron chi connectivity index (χ1n) is 4.97. The molecule has 0 unspecified atom stereocenters. The van der Waals surface area contributed by atoms with Crippen molar-refractivity contribution in [1.82, 2.24) is 9.97 Å². The zero-order valence-electron chi connectivity index (χ0n) is 9.69. The van der Waals surface area contributed by atoms with Crippen LogP contribution in [-0.4, -0.2) is 28.7 Å². The Labute approximate surface area is 97.4 Å². The predicted octanol–water partition coefficient (Wildman–Crippen LogP) is 2.63. The number of nitrogens with zero attached hydrogens (tertiary/aromatic N) is 2. The molecular weight excluding hydrogens is 216 g/mol. The molecule has 0 amide bonds. The van der Waals surface area contributed by atoms with Crippen LogP contribution >= 0.6 is 10.0 Å². The summed E-state index contributed by atoms with van der Waals surface area (Å²) in [6.45, 7) is 0. The van der Waals surface area contributed by atoms with Gasteiger partial charge in [-0.25, -0.2) is 9.97 Å². The Morgan fingerprint density at radius 2 is 1.94 bits per heavy atom. The van der Waals surface area contributed by atoms with Gasteiger partial charge in [-0.1, -0.05) is 0 Å². The second-order valence-electron chi connectivity index (χ2n) is 4.31. The Hall–Kier alpha value is -1.53. The third kappa shape index (κ3) is 2.74. The van der Waals surface area contributed by atoms with Crippen molar-refractivity contribution in [3.63, 3.8) is 0 Å². The zero-order chi connectivity index (χ0) is 11.6. The fourth-order valence-electron chi connectivity index (χ4n) is 1.23. The maximum atomic E-state index is 4.41. The molecule has 2 rings (SSSR count). The zero-order valence-corrected chi connectivity index (χ0v) is 10.5. The molecule has 82 valence electrons. The Kier molecular flexibility index (Phi) is 2.84. The lowest BCUT2D eigenvalue weighted by atomic mass is 10.2. The minimum absolute atomic E-state index is 0.762. The van der Waals surface area contributed by atoms with Gasteiger partial charge in [-0.2, -0.15) is 10.0 Å². The van der Waals surface area contributed by atoms with E-state index in [1.54, 1.807) is 6.20 Å². The molecule has 0 aliphatic rings. The van der Waals surface area contributed by atoms with Crippen LogP contribution in [0.1, 0.15) is 5.69 Å². The molecule has 16 heavy (non-hydrogen) atoms. The van der Waals surface area contributed by atoms with Gasteiger partial charge in [-0.3, -0.25) is 0 Å². The molecule has 0 radical (unpaired) electrons. The standard InChI is InChI=1S/C13H14N2S/c1-16(2,3)10-8-12-7-6-11-5-4-9-14-13(11)15-12/h4-7,9H,1-3H3. The van der Waals surface area contributed by atoms with Crippen molar-refractivity contribution in [3.8, 4) is 11.2 Å². The predicted molar refractivity (Wildman–Crippen MR) is 71.8 cm³/mol. The minimum atomic E-state index is -0.797. The average molecular weight is 230 g/mol. The van der Waals surface area contributed by atoms with Gasteiger partial charge in [0, 0.05) is 11.6 Å². The third-order valence-electron chi connectivity index (χ3n) is 1.95. The number of hydrogen-bond donors (Lipinski definition) is 0. The Bertz CT molecular complexity index is 573. The van der Waals surface area contributed by atoms with E-state index in [1.807, 2.05) is 24.3 Å². The number of hydrogen-bond acceptors (Lipinski definition) is 2. The fourth-order valence-corrected chi connectivity index (χ4v) is 1.64. The molecule has 0 saturated heterocycles. The van der Waals surface area contributed by atoms with Crippen molar-refractivity contribution in [3.05, 3.63) is 36.2 Å². The molecule has 0 aliphatic heterocycles. The Morgan fingerprint density at radius 3 is 2.69 bits per heavy atom. The van der Waals surface area contributed by atoms with Crippen LogP contribution in [-0.2, 0) is 0 Å². The molecule has 2 aromatic rings. The van der Waals surface area contributed by atoms with Crippen LogP contribution in [0, 0.1) is 11.2 Å². The van der Waals surface area contributed by atoms with Crippen LogP contribution in [0.25, 0.3) is 11.0 Å². The first kappa shape index (κ1) is 11.0. The monoisotopic (exact) mass is 230 g/mol. The number of aromatic nitrogens is 2. The molecule has 3 heteroatoms. The molecule has 0 atom stereocenters. The third-order valence-corrected chi connectivity index (χ3v) is 2.66. The van der Waals surface area contributed by atoms with Crippen LogP contribution in [0.5, 0.6) is 0 Å². The maximum Gasteiger partial charge on any atom is 0.160 e. The summed E-state index contributed by atoms with van der Waals surface area (Å²) in [5.74, 6) is 3.11. The molecule has 0 spiro atoms.